The molecule has 0 aliphatic rings. The molecule has 1 atom stereocenters. The Labute approximate surface area is 117 Å². The molecular weight excluding hydrogens is 256 g/mol. The Balaban J connectivity index is 2.22. The minimum absolute atomic E-state index is 0.144. The first kappa shape index (κ1) is 14.1. The second kappa shape index (κ2) is 6.73. The summed E-state index contributed by atoms with van der Waals surface area (Å²) in [6.45, 7) is 0. The predicted octanol–water partition coefficient (Wildman–Crippen LogP) is 3.67. The second-order valence-electron chi connectivity index (χ2n) is 4.31. The highest BCUT2D eigenvalue weighted by atomic mass is 16.7. The third kappa shape index (κ3) is 3.59. The van der Waals surface area contributed by atoms with E-state index in [4.69, 9.17) is 14.6 Å². The molecule has 4 heteroatoms. The zero-order chi connectivity index (χ0) is 14.4. The van der Waals surface area contributed by atoms with E-state index in [0.29, 0.717) is 12.2 Å². The van der Waals surface area contributed by atoms with E-state index < -0.39 is 6.16 Å². The van der Waals surface area contributed by atoms with E-state index in [1.807, 2.05) is 42.5 Å². The molecule has 0 aliphatic heterocycles. The standard InChI is InChI=1S/C16H16O4/c1-19-15(12-7-3-2-4-8-12)11-13-9-5-6-10-14(13)20-16(17)18/h2-10,15H,11H2,1H3,(H,17,18). The van der Waals surface area contributed by atoms with Gasteiger partial charge >= 0.3 is 6.16 Å². The average molecular weight is 272 g/mol. The summed E-state index contributed by atoms with van der Waals surface area (Å²) in [5.74, 6) is 0.345. The molecule has 0 aliphatic carbocycles. The van der Waals surface area contributed by atoms with Crippen LogP contribution in [0.1, 0.15) is 17.2 Å². The van der Waals surface area contributed by atoms with Gasteiger partial charge in [-0.2, -0.15) is 0 Å². The van der Waals surface area contributed by atoms with Gasteiger partial charge in [0.15, 0.2) is 0 Å². The molecule has 0 bridgehead atoms. The van der Waals surface area contributed by atoms with Gasteiger partial charge in [-0.1, -0.05) is 48.5 Å². The van der Waals surface area contributed by atoms with Crippen molar-refractivity contribution in [2.45, 2.75) is 12.5 Å². The number of rotatable bonds is 5. The molecule has 0 saturated carbocycles. The molecule has 20 heavy (non-hydrogen) atoms. The molecular formula is C16H16O4. The summed E-state index contributed by atoms with van der Waals surface area (Å²) in [5.41, 5.74) is 1.84. The minimum atomic E-state index is -1.31. The van der Waals surface area contributed by atoms with Crippen LogP contribution < -0.4 is 4.74 Å². The van der Waals surface area contributed by atoms with Gasteiger partial charge in [0.1, 0.15) is 5.75 Å². The zero-order valence-electron chi connectivity index (χ0n) is 11.2. The van der Waals surface area contributed by atoms with Crippen molar-refractivity contribution in [3.63, 3.8) is 0 Å². The summed E-state index contributed by atoms with van der Waals surface area (Å²) < 4.78 is 10.3. The maximum atomic E-state index is 10.7. The first-order chi connectivity index (χ1) is 9.70. The Morgan fingerprint density at radius 3 is 2.40 bits per heavy atom. The Morgan fingerprint density at radius 1 is 1.10 bits per heavy atom. The van der Waals surface area contributed by atoms with Crippen molar-refractivity contribution in [3.05, 3.63) is 65.7 Å². The van der Waals surface area contributed by atoms with Crippen LogP contribution in [-0.4, -0.2) is 18.4 Å². The van der Waals surface area contributed by atoms with Crippen LogP contribution in [0.5, 0.6) is 5.75 Å². The molecule has 2 rings (SSSR count). The maximum Gasteiger partial charge on any atom is 0.511 e. The maximum absolute atomic E-state index is 10.7. The molecule has 0 spiro atoms. The Bertz CT molecular complexity index is 566. The van der Waals surface area contributed by atoms with Crippen molar-refractivity contribution >= 4 is 6.16 Å². The predicted molar refractivity (Wildman–Crippen MR) is 75.0 cm³/mol. The van der Waals surface area contributed by atoms with E-state index >= 15 is 0 Å². The number of benzene rings is 2. The lowest BCUT2D eigenvalue weighted by atomic mass is 10.0. The lowest BCUT2D eigenvalue weighted by molar-refractivity contribution is 0.102. The van der Waals surface area contributed by atoms with Gasteiger partial charge < -0.3 is 14.6 Å². The van der Waals surface area contributed by atoms with Crippen molar-refractivity contribution < 1.29 is 19.4 Å². The number of ether oxygens (including phenoxy) is 2. The van der Waals surface area contributed by atoms with Crippen LogP contribution in [0.2, 0.25) is 0 Å². The average Bonchev–Trinajstić information content (AvgIpc) is 2.46. The minimum Gasteiger partial charge on any atom is -0.449 e. The third-order valence-electron chi connectivity index (χ3n) is 3.03. The van der Waals surface area contributed by atoms with Gasteiger partial charge in [0, 0.05) is 13.5 Å². The molecule has 0 fully saturated rings. The molecule has 4 nitrogen and oxygen atoms in total. The quantitative estimate of drug-likeness (QED) is 0.666. The lowest BCUT2D eigenvalue weighted by Crippen LogP contribution is -2.09. The van der Waals surface area contributed by atoms with Gasteiger partial charge in [-0.15, -0.1) is 0 Å². The Hall–Kier alpha value is -2.33. The summed E-state index contributed by atoms with van der Waals surface area (Å²) in [5, 5.41) is 8.75. The van der Waals surface area contributed by atoms with Gasteiger partial charge in [0.2, 0.25) is 0 Å². The van der Waals surface area contributed by atoms with E-state index in [1.165, 1.54) is 0 Å². The highest BCUT2D eigenvalue weighted by Gasteiger charge is 2.15. The molecule has 2 aromatic rings. The molecule has 1 N–H and O–H groups in total. The molecule has 0 heterocycles. The lowest BCUT2D eigenvalue weighted by Gasteiger charge is -2.17. The third-order valence-corrected chi connectivity index (χ3v) is 3.03. The van der Waals surface area contributed by atoms with Crippen LogP contribution >= 0.6 is 0 Å². The Morgan fingerprint density at radius 2 is 1.75 bits per heavy atom. The summed E-state index contributed by atoms with van der Waals surface area (Å²) >= 11 is 0. The van der Waals surface area contributed by atoms with E-state index in [1.54, 1.807) is 19.2 Å². The largest absolute Gasteiger partial charge is 0.511 e. The second-order valence-corrected chi connectivity index (χ2v) is 4.31. The van der Waals surface area contributed by atoms with Crippen LogP contribution in [0.15, 0.2) is 54.6 Å². The van der Waals surface area contributed by atoms with Crippen LogP contribution in [-0.2, 0) is 11.2 Å². The SMILES string of the molecule is COC(Cc1ccccc1OC(=O)O)c1ccccc1. The normalized spacial score (nSPS) is 11.8. The molecule has 0 aromatic heterocycles. The fourth-order valence-corrected chi connectivity index (χ4v) is 2.07. The first-order valence-electron chi connectivity index (χ1n) is 6.27. The van der Waals surface area contributed by atoms with Gasteiger partial charge in [0.25, 0.3) is 0 Å². The van der Waals surface area contributed by atoms with E-state index in [0.717, 1.165) is 11.1 Å². The summed E-state index contributed by atoms with van der Waals surface area (Å²) in [4.78, 5) is 10.7. The number of carbonyl (C=O) groups is 1. The molecule has 1 unspecified atom stereocenters. The molecule has 104 valence electrons. The van der Waals surface area contributed by atoms with Crippen molar-refractivity contribution in [3.8, 4) is 5.75 Å². The van der Waals surface area contributed by atoms with Gasteiger partial charge in [0.05, 0.1) is 6.10 Å². The van der Waals surface area contributed by atoms with Crippen LogP contribution in [0, 0.1) is 0 Å². The number of para-hydroxylation sites is 1. The van der Waals surface area contributed by atoms with Gasteiger partial charge in [-0.3, -0.25) is 0 Å². The van der Waals surface area contributed by atoms with Crippen molar-refractivity contribution in [1.29, 1.82) is 0 Å². The van der Waals surface area contributed by atoms with Crippen LogP contribution in [0.4, 0.5) is 4.79 Å². The van der Waals surface area contributed by atoms with Gasteiger partial charge in [-0.25, -0.2) is 4.79 Å². The Kier molecular flexibility index (Phi) is 4.74. The van der Waals surface area contributed by atoms with Gasteiger partial charge in [-0.05, 0) is 17.2 Å². The van der Waals surface area contributed by atoms with E-state index in [9.17, 15) is 4.79 Å². The van der Waals surface area contributed by atoms with Crippen molar-refractivity contribution in [1.82, 2.24) is 0 Å². The molecule has 0 amide bonds. The molecule has 0 saturated heterocycles. The zero-order valence-corrected chi connectivity index (χ0v) is 11.2. The molecule has 0 radical (unpaired) electrons. The van der Waals surface area contributed by atoms with Crippen LogP contribution in [0.25, 0.3) is 0 Å². The monoisotopic (exact) mass is 272 g/mol. The highest BCUT2D eigenvalue weighted by molar-refractivity contribution is 5.62. The molecule has 2 aromatic carbocycles. The number of methoxy groups -OCH3 is 1. The number of hydrogen-bond donors (Lipinski definition) is 1. The summed E-state index contributed by atoms with van der Waals surface area (Å²) in [6, 6.07) is 16.9. The number of hydrogen-bond acceptors (Lipinski definition) is 3. The fraction of sp³-hybridized carbons (Fsp3) is 0.188. The highest BCUT2D eigenvalue weighted by Crippen LogP contribution is 2.27. The summed E-state index contributed by atoms with van der Waals surface area (Å²) in [6.07, 6.45) is -0.912. The smallest absolute Gasteiger partial charge is 0.449 e. The van der Waals surface area contributed by atoms with Crippen molar-refractivity contribution in [2.24, 2.45) is 0 Å². The van der Waals surface area contributed by atoms with Crippen LogP contribution in [0.3, 0.4) is 0 Å². The topological polar surface area (TPSA) is 55.8 Å². The first-order valence-corrected chi connectivity index (χ1v) is 6.27. The number of carboxylic acid groups (broad SMARTS) is 1. The fourth-order valence-electron chi connectivity index (χ4n) is 2.07. The van der Waals surface area contributed by atoms with E-state index in [2.05, 4.69) is 0 Å². The summed E-state index contributed by atoms with van der Waals surface area (Å²) in [7, 11) is 1.64. The van der Waals surface area contributed by atoms with Crippen molar-refractivity contribution in [2.75, 3.05) is 7.11 Å². The van der Waals surface area contributed by atoms with E-state index in [-0.39, 0.29) is 6.10 Å².